The van der Waals surface area contributed by atoms with Gasteiger partial charge in [-0.1, -0.05) is 0 Å². The monoisotopic (exact) mass is 341 g/mol. The fraction of sp³-hybridized carbons (Fsp3) is 0.176. The first-order valence-electron chi connectivity index (χ1n) is 7.34. The quantitative estimate of drug-likeness (QED) is 0.370. The van der Waals surface area contributed by atoms with Crippen molar-refractivity contribution in [3.8, 4) is 6.07 Å². The zero-order valence-corrected chi connectivity index (χ0v) is 13.6. The smallest absolute Gasteiger partial charge is 0.360 e. The Morgan fingerprint density at radius 2 is 2.12 bits per heavy atom. The average Bonchev–Trinajstić information content (AvgIpc) is 2.56. The number of benzene rings is 1. The van der Waals surface area contributed by atoms with Gasteiger partial charge in [0.1, 0.15) is 17.3 Å². The van der Waals surface area contributed by atoms with Crippen LogP contribution in [0, 0.1) is 11.3 Å². The number of nitrogens with zero attached hydrogens (tertiary/aromatic N) is 1. The Balaban J connectivity index is 2.32. The van der Waals surface area contributed by atoms with Gasteiger partial charge in [-0.2, -0.15) is 5.26 Å². The molecular weight excluding hydrogens is 326 g/mol. The molecule has 25 heavy (non-hydrogen) atoms. The number of fused-ring (bicyclic) bond motifs is 1. The summed E-state index contributed by atoms with van der Waals surface area (Å²) in [5.74, 6) is -1.12. The minimum Gasteiger partial charge on any atom is -0.462 e. The Bertz CT molecular complexity index is 953. The third kappa shape index (κ3) is 4.45. The van der Waals surface area contributed by atoms with Crippen LogP contribution in [0.1, 0.15) is 13.8 Å². The van der Waals surface area contributed by atoms with Crippen molar-refractivity contribution in [3.63, 3.8) is 0 Å². The van der Waals surface area contributed by atoms with Crippen molar-refractivity contribution >= 4 is 34.2 Å². The molecule has 1 amide bonds. The van der Waals surface area contributed by atoms with Crippen molar-refractivity contribution in [1.82, 2.24) is 0 Å². The van der Waals surface area contributed by atoms with Crippen LogP contribution in [0.2, 0.25) is 0 Å². The Morgan fingerprint density at radius 1 is 1.36 bits per heavy atom. The summed E-state index contributed by atoms with van der Waals surface area (Å²) in [6.07, 6.45) is 1.23. The summed E-state index contributed by atoms with van der Waals surface area (Å²) in [5, 5.41) is 14.7. The summed E-state index contributed by atoms with van der Waals surface area (Å²) < 4.78 is 9.89. The molecule has 0 aliphatic rings. The minimum absolute atomic E-state index is 0.0249. The zero-order valence-electron chi connectivity index (χ0n) is 13.6. The van der Waals surface area contributed by atoms with Crippen LogP contribution in [0.4, 0.5) is 11.4 Å². The van der Waals surface area contributed by atoms with Gasteiger partial charge in [-0.05, 0) is 31.2 Å². The molecule has 2 aromatic rings. The maximum Gasteiger partial charge on any atom is 0.360 e. The van der Waals surface area contributed by atoms with Gasteiger partial charge in [-0.25, -0.2) is 9.59 Å². The fourth-order valence-electron chi connectivity index (χ4n) is 1.99. The number of nitriles is 1. The molecular formula is C17H15N3O5. The molecule has 0 atom stereocenters. The largest absolute Gasteiger partial charge is 0.462 e. The maximum atomic E-state index is 11.8. The van der Waals surface area contributed by atoms with E-state index >= 15 is 0 Å². The molecule has 1 aromatic heterocycles. The predicted octanol–water partition coefficient (Wildman–Crippen LogP) is 2.13. The standard InChI is InChI=1S/C17H15N3O5/c1-3-24-16(22)12(8-18)9-19-13-4-5-15-11(6-13)7-14(17(23)25-15)20-10(2)21/h4-7,9,19H,3H2,1-2H3,(H,20,21). The van der Waals surface area contributed by atoms with E-state index in [0.29, 0.717) is 16.7 Å². The molecule has 1 heterocycles. The van der Waals surface area contributed by atoms with Gasteiger partial charge in [0.15, 0.2) is 5.57 Å². The van der Waals surface area contributed by atoms with Crippen LogP contribution in [-0.4, -0.2) is 18.5 Å². The highest BCUT2D eigenvalue weighted by Gasteiger charge is 2.10. The van der Waals surface area contributed by atoms with Crippen molar-refractivity contribution in [2.75, 3.05) is 17.2 Å². The third-order valence-corrected chi connectivity index (χ3v) is 3.04. The Hall–Kier alpha value is -3.60. The third-order valence-electron chi connectivity index (χ3n) is 3.04. The van der Waals surface area contributed by atoms with Crippen molar-refractivity contribution in [2.24, 2.45) is 0 Å². The number of rotatable bonds is 5. The highest BCUT2D eigenvalue weighted by Crippen LogP contribution is 2.20. The number of hydrogen-bond donors (Lipinski definition) is 2. The molecule has 2 N–H and O–H groups in total. The highest BCUT2D eigenvalue weighted by molar-refractivity contribution is 5.93. The fourth-order valence-corrected chi connectivity index (χ4v) is 1.99. The lowest BCUT2D eigenvalue weighted by atomic mass is 10.2. The molecule has 0 bridgehead atoms. The lowest BCUT2D eigenvalue weighted by molar-refractivity contribution is -0.138. The molecule has 0 aliphatic heterocycles. The molecule has 8 heteroatoms. The summed E-state index contributed by atoms with van der Waals surface area (Å²) in [4.78, 5) is 34.4. The van der Waals surface area contributed by atoms with Gasteiger partial charge >= 0.3 is 11.6 Å². The van der Waals surface area contributed by atoms with Gasteiger partial charge in [0.2, 0.25) is 5.91 Å². The summed E-state index contributed by atoms with van der Waals surface area (Å²) in [7, 11) is 0. The number of ether oxygens (including phenoxy) is 1. The van der Waals surface area contributed by atoms with Gasteiger partial charge < -0.3 is 19.8 Å². The molecule has 0 saturated carbocycles. The van der Waals surface area contributed by atoms with Gasteiger partial charge in [0, 0.05) is 24.2 Å². The second-order valence-electron chi connectivity index (χ2n) is 4.92. The van der Waals surface area contributed by atoms with E-state index in [9.17, 15) is 14.4 Å². The summed E-state index contributed by atoms with van der Waals surface area (Å²) in [5.41, 5.74) is 0.0708. The van der Waals surface area contributed by atoms with E-state index in [1.807, 2.05) is 0 Å². The Labute approximate surface area is 142 Å². The molecule has 2 rings (SSSR count). The average molecular weight is 341 g/mol. The molecule has 0 radical (unpaired) electrons. The molecule has 0 fully saturated rings. The van der Waals surface area contributed by atoms with E-state index < -0.39 is 17.5 Å². The van der Waals surface area contributed by atoms with E-state index in [1.165, 1.54) is 19.2 Å². The highest BCUT2D eigenvalue weighted by atomic mass is 16.5. The maximum absolute atomic E-state index is 11.8. The second-order valence-corrected chi connectivity index (χ2v) is 4.92. The molecule has 1 aromatic carbocycles. The minimum atomic E-state index is -0.725. The predicted molar refractivity (Wildman–Crippen MR) is 90.7 cm³/mol. The number of carbonyl (C=O) groups is 2. The summed E-state index contributed by atoms with van der Waals surface area (Å²) in [6, 6.07) is 8.04. The number of carbonyl (C=O) groups excluding carboxylic acids is 2. The van der Waals surface area contributed by atoms with Crippen LogP contribution in [0.15, 0.2) is 45.3 Å². The van der Waals surface area contributed by atoms with Crippen LogP contribution in [0.5, 0.6) is 0 Å². The Kier molecular flexibility index (Phi) is 5.53. The second kappa shape index (κ2) is 7.79. The van der Waals surface area contributed by atoms with Crippen LogP contribution in [0.25, 0.3) is 11.0 Å². The molecule has 0 unspecified atom stereocenters. The first kappa shape index (κ1) is 17.7. The van der Waals surface area contributed by atoms with Crippen LogP contribution in [-0.2, 0) is 14.3 Å². The number of esters is 1. The SMILES string of the molecule is CCOC(=O)C(C#N)=CNc1ccc2oc(=O)c(NC(C)=O)cc2c1. The lowest BCUT2D eigenvalue weighted by Gasteiger charge is -2.06. The van der Waals surface area contributed by atoms with Crippen LogP contribution < -0.4 is 16.3 Å². The molecule has 128 valence electrons. The van der Waals surface area contributed by atoms with Crippen molar-refractivity contribution < 1.29 is 18.7 Å². The summed E-state index contributed by atoms with van der Waals surface area (Å²) in [6.45, 7) is 3.09. The van der Waals surface area contributed by atoms with E-state index in [2.05, 4.69) is 10.6 Å². The topological polar surface area (TPSA) is 121 Å². The molecule has 8 nitrogen and oxygen atoms in total. The number of amides is 1. The van der Waals surface area contributed by atoms with Crippen LogP contribution >= 0.6 is 0 Å². The normalized spacial score (nSPS) is 10.8. The van der Waals surface area contributed by atoms with Crippen molar-refractivity contribution in [3.05, 3.63) is 46.5 Å². The van der Waals surface area contributed by atoms with Gasteiger partial charge in [0.05, 0.1) is 6.61 Å². The van der Waals surface area contributed by atoms with Crippen molar-refractivity contribution in [1.29, 1.82) is 5.26 Å². The zero-order chi connectivity index (χ0) is 18.4. The van der Waals surface area contributed by atoms with Gasteiger partial charge in [0.25, 0.3) is 0 Å². The van der Waals surface area contributed by atoms with Gasteiger partial charge in [-0.15, -0.1) is 0 Å². The Morgan fingerprint density at radius 3 is 2.76 bits per heavy atom. The lowest BCUT2D eigenvalue weighted by Crippen LogP contribution is -2.14. The number of nitrogens with one attached hydrogen (secondary N) is 2. The molecule has 0 spiro atoms. The first-order valence-corrected chi connectivity index (χ1v) is 7.34. The summed E-state index contributed by atoms with van der Waals surface area (Å²) >= 11 is 0. The molecule has 0 aliphatic carbocycles. The van der Waals surface area contributed by atoms with Gasteiger partial charge in [-0.3, -0.25) is 4.79 Å². The van der Waals surface area contributed by atoms with E-state index in [-0.39, 0.29) is 17.9 Å². The number of hydrogen-bond acceptors (Lipinski definition) is 7. The first-order chi connectivity index (χ1) is 11.9. The number of anilines is 2. The van der Waals surface area contributed by atoms with E-state index in [4.69, 9.17) is 14.4 Å². The van der Waals surface area contributed by atoms with E-state index in [1.54, 1.807) is 31.2 Å². The molecule has 0 saturated heterocycles. The van der Waals surface area contributed by atoms with E-state index in [0.717, 1.165) is 0 Å². The van der Waals surface area contributed by atoms with Crippen LogP contribution in [0.3, 0.4) is 0 Å². The van der Waals surface area contributed by atoms with Crippen molar-refractivity contribution in [2.45, 2.75) is 13.8 Å².